The van der Waals surface area contributed by atoms with Crippen LogP contribution >= 0.6 is 0 Å². The van der Waals surface area contributed by atoms with Crippen LogP contribution in [0.15, 0.2) is 70.9 Å². The van der Waals surface area contributed by atoms with E-state index in [4.69, 9.17) is 9.15 Å². The van der Waals surface area contributed by atoms with Gasteiger partial charge in [0.15, 0.2) is 0 Å². The lowest BCUT2D eigenvalue weighted by Gasteiger charge is -2.21. The minimum atomic E-state index is -0.965. The third-order valence-corrected chi connectivity index (χ3v) is 6.04. The topological polar surface area (TPSA) is 109 Å². The molecule has 2 aliphatic heterocycles. The van der Waals surface area contributed by atoms with Crippen molar-refractivity contribution in [3.05, 3.63) is 83.3 Å². The number of H-pyrrole nitrogens is 1. The maximum atomic E-state index is 13.2. The molecule has 0 spiro atoms. The average molecular weight is 441 g/mol. The van der Waals surface area contributed by atoms with E-state index in [-0.39, 0.29) is 17.3 Å². The van der Waals surface area contributed by atoms with E-state index < -0.39 is 17.7 Å². The van der Waals surface area contributed by atoms with Gasteiger partial charge in [-0.2, -0.15) is 0 Å². The lowest BCUT2D eigenvalue weighted by Crippen LogP contribution is -2.30. The largest absolute Gasteiger partial charge is 0.507 e. The average Bonchev–Trinajstić information content (AvgIpc) is 3.57. The van der Waals surface area contributed by atoms with Crippen LogP contribution in [-0.4, -0.2) is 33.4 Å². The van der Waals surface area contributed by atoms with Crippen LogP contribution in [0.3, 0.4) is 0 Å². The zero-order valence-electron chi connectivity index (χ0n) is 17.4. The highest BCUT2D eigenvalue weighted by atomic mass is 16.5. The van der Waals surface area contributed by atoms with E-state index in [0.29, 0.717) is 23.4 Å². The second kappa shape index (κ2) is 7.37. The molecule has 0 radical (unpaired) electrons. The summed E-state index contributed by atoms with van der Waals surface area (Å²) in [7, 11) is 0. The maximum Gasteiger partial charge on any atom is 0.302 e. The number of aromatic nitrogens is 2. The van der Waals surface area contributed by atoms with Crippen molar-refractivity contribution in [2.75, 3.05) is 11.5 Å². The van der Waals surface area contributed by atoms with Crippen molar-refractivity contribution in [2.24, 2.45) is 0 Å². The molecule has 1 saturated heterocycles. The summed E-state index contributed by atoms with van der Waals surface area (Å²) in [5, 5.41) is 11.3. The number of nitrogens with zero attached hydrogens (tertiary/aromatic N) is 2. The predicted molar refractivity (Wildman–Crippen MR) is 120 cm³/mol. The summed E-state index contributed by atoms with van der Waals surface area (Å²) < 4.78 is 11.2. The number of para-hydroxylation sites is 2. The van der Waals surface area contributed by atoms with Gasteiger partial charge in [0, 0.05) is 5.56 Å². The van der Waals surface area contributed by atoms with Gasteiger partial charge in [0.25, 0.3) is 5.78 Å². The quantitative estimate of drug-likeness (QED) is 0.281. The number of aromatic amines is 1. The van der Waals surface area contributed by atoms with Gasteiger partial charge < -0.3 is 19.2 Å². The second-order valence-electron chi connectivity index (χ2n) is 8.04. The Balaban J connectivity index is 1.52. The Morgan fingerprint density at radius 3 is 2.82 bits per heavy atom. The number of anilines is 1. The SMILES string of the molecule is O=C1C(=O)N(c2nc3ccccc3[nH]2)C(c2ccco2)/C1=C(\O)c1ccc2c(c1)CCCO2. The Morgan fingerprint density at radius 2 is 2.00 bits per heavy atom. The molecule has 2 N–H and O–H groups in total. The Morgan fingerprint density at radius 1 is 1.12 bits per heavy atom. The fourth-order valence-electron chi connectivity index (χ4n) is 4.48. The van der Waals surface area contributed by atoms with Crippen LogP contribution in [0.1, 0.15) is 29.3 Å². The Hall–Kier alpha value is -4.33. The number of aryl methyl sites for hydroxylation is 1. The number of aliphatic hydroxyl groups is 1. The highest BCUT2D eigenvalue weighted by Crippen LogP contribution is 2.42. The van der Waals surface area contributed by atoms with Crippen LogP contribution in [0.25, 0.3) is 16.8 Å². The van der Waals surface area contributed by atoms with Gasteiger partial charge in [0.05, 0.1) is 29.5 Å². The number of ketones is 1. The molecule has 6 rings (SSSR count). The van der Waals surface area contributed by atoms with E-state index in [1.807, 2.05) is 24.3 Å². The molecule has 4 heterocycles. The van der Waals surface area contributed by atoms with Crippen molar-refractivity contribution in [2.45, 2.75) is 18.9 Å². The molecule has 0 bridgehead atoms. The number of amides is 1. The normalized spacial score (nSPS) is 19.6. The lowest BCUT2D eigenvalue weighted by molar-refractivity contribution is -0.132. The molecule has 1 amide bonds. The zero-order chi connectivity index (χ0) is 22.5. The molecule has 2 aromatic heterocycles. The van der Waals surface area contributed by atoms with E-state index >= 15 is 0 Å². The summed E-state index contributed by atoms with van der Waals surface area (Å²) in [5.74, 6) is -0.540. The first kappa shape index (κ1) is 19.4. The van der Waals surface area contributed by atoms with Crippen LogP contribution in [0.4, 0.5) is 5.95 Å². The van der Waals surface area contributed by atoms with Gasteiger partial charge in [-0.15, -0.1) is 0 Å². The summed E-state index contributed by atoms with van der Waals surface area (Å²) in [6, 6.07) is 15.0. The van der Waals surface area contributed by atoms with E-state index in [9.17, 15) is 14.7 Å². The lowest BCUT2D eigenvalue weighted by atomic mass is 9.96. The Kier molecular flexibility index (Phi) is 4.33. The molecule has 1 atom stereocenters. The van der Waals surface area contributed by atoms with Crippen LogP contribution in [0.2, 0.25) is 0 Å². The number of carbonyl (C=O) groups is 2. The maximum absolute atomic E-state index is 13.2. The number of Topliss-reactive ketones (excluding diaryl/α,β-unsaturated/α-hetero) is 1. The molecular formula is C25H19N3O5. The predicted octanol–water partition coefficient (Wildman–Crippen LogP) is 4.11. The first-order chi connectivity index (χ1) is 16.1. The fraction of sp³-hybridized carbons (Fsp3) is 0.160. The van der Waals surface area contributed by atoms with Gasteiger partial charge >= 0.3 is 5.91 Å². The highest BCUT2D eigenvalue weighted by Gasteiger charge is 2.49. The molecule has 2 aliphatic rings. The summed E-state index contributed by atoms with van der Waals surface area (Å²) in [6.07, 6.45) is 3.15. The molecule has 8 nitrogen and oxygen atoms in total. The van der Waals surface area contributed by atoms with Crippen molar-refractivity contribution in [1.82, 2.24) is 9.97 Å². The number of hydrogen-bond donors (Lipinski definition) is 2. The number of ether oxygens (including phenoxy) is 1. The van der Waals surface area contributed by atoms with E-state index in [1.165, 1.54) is 11.2 Å². The smallest absolute Gasteiger partial charge is 0.302 e. The van der Waals surface area contributed by atoms with Crippen molar-refractivity contribution >= 4 is 34.4 Å². The standard InChI is InChI=1S/C25H19N3O5/c29-22(15-9-10-18-14(13-15)5-3-11-32-18)20-21(19-8-4-12-33-19)28(24(31)23(20)30)25-26-16-6-1-2-7-17(16)27-25/h1-2,4,6-10,12-13,21,29H,3,5,11H2,(H,26,27)/b22-20+. The number of hydrogen-bond acceptors (Lipinski definition) is 6. The minimum absolute atomic E-state index is 0.0490. The van der Waals surface area contributed by atoms with Gasteiger partial charge in [0.2, 0.25) is 5.95 Å². The molecule has 1 fully saturated rings. The third kappa shape index (κ3) is 3.02. The number of rotatable bonds is 3. The van der Waals surface area contributed by atoms with Crippen LogP contribution < -0.4 is 9.64 Å². The Labute approximate surface area is 188 Å². The molecule has 2 aromatic carbocycles. The van der Waals surface area contributed by atoms with Crippen LogP contribution in [-0.2, 0) is 16.0 Å². The van der Waals surface area contributed by atoms with Crippen molar-refractivity contribution < 1.29 is 23.8 Å². The van der Waals surface area contributed by atoms with Gasteiger partial charge in [-0.3, -0.25) is 14.5 Å². The van der Waals surface area contributed by atoms with E-state index in [0.717, 1.165) is 29.7 Å². The number of benzene rings is 2. The van der Waals surface area contributed by atoms with E-state index in [1.54, 1.807) is 30.3 Å². The summed E-state index contributed by atoms with van der Waals surface area (Å²) in [4.78, 5) is 35.2. The number of aliphatic hydroxyl groups excluding tert-OH is 1. The van der Waals surface area contributed by atoms with Crippen molar-refractivity contribution in [3.63, 3.8) is 0 Å². The number of furan rings is 1. The molecule has 1 unspecified atom stereocenters. The first-order valence-electron chi connectivity index (χ1n) is 10.7. The van der Waals surface area contributed by atoms with Crippen molar-refractivity contribution in [1.29, 1.82) is 0 Å². The van der Waals surface area contributed by atoms with E-state index in [2.05, 4.69) is 9.97 Å². The van der Waals surface area contributed by atoms with Crippen molar-refractivity contribution in [3.8, 4) is 5.75 Å². The third-order valence-electron chi connectivity index (χ3n) is 6.04. The summed E-state index contributed by atoms with van der Waals surface area (Å²) in [5.41, 5.74) is 2.72. The van der Waals surface area contributed by atoms with Gasteiger partial charge in [0.1, 0.15) is 23.3 Å². The molecule has 0 saturated carbocycles. The summed E-state index contributed by atoms with van der Waals surface area (Å²) in [6.45, 7) is 0.652. The monoisotopic (exact) mass is 441 g/mol. The number of fused-ring (bicyclic) bond motifs is 2. The van der Waals surface area contributed by atoms with Gasteiger partial charge in [-0.05, 0) is 60.9 Å². The zero-order valence-corrected chi connectivity index (χ0v) is 17.4. The second-order valence-corrected chi connectivity index (χ2v) is 8.04. The number of imidazole rings is 1. The minimum Gasteiger partial charge on any atom is -0.507 e. The van der Waals surface area contributed by atoms with Gasteiger partial charge in [-0.25, -0.2) is 4.98 Å². The molecule has 4 aromatic rings. The molecule has 164 valence electrons. The molecule has 0 aliphatic carbocycles. The molecule has 33 heavy (non-hydrogen) atoms. The van der Waals surface area contributed by atoms with Crippen LogP contribution in [0.5, 0.6) is 5.75 Å². The number of carbonyl (C=O) groups excluding carboxylic acids is 2. The Bertz CT molecular complexity index is 1400. The molecule has 8 heteroatoms. The van der Waals surface area contributed by atoms with Crippen LogP contribution in [0, 0.1) is 0 Å². The highest BCUT2D eigenvalue weighted by molar-refractivity contribution is 6.51. The van der Waals surface area contributed by atoms with Gasteiger partial charge in [-0.1, -0.05) is 12.1 Å². The number of nitrogens with one attached hydrogen (secondary N) is 1. The fourth-order valence-corrected chi connectivity index (χ4v) is 4.48. The summed E-state index contributed by atoms with van der Waals surface area (Å²) >= 11 is 0. The first-order valence-corrected chi connectivity index (χ1v) is 10.7. The molecular weight excluding hydrogens is 422 g/mol.